The van der Waals surface area contributed by atoms with Crippen molar-refractivity contribution in [2.45, 2.75) is 13.0 Å². The molecule has 1 aliphatic rings. The molecule has 0 aliphatic carbocycles. The minimum absolute atomic E-state index is 0.300. The van der Waals surface area contributed by atoms with Gasteiger partial charge in [-0.1, -0.05) is 0 Å². The summed E-state index contributed by atoms with van der Waals surface area (Å²) in [6, 6.07) is 0. The SMILES string of the molecule is O=C(O)CC1CN(Cc2nccs2)C1. The van der Waals surface area contributed by atoms with Crippen molar-refractivity contribution in [1.29, 1.82) is 0 Å². The molecule has 2 heterocycles. The van der Waals surface area contributed by atoms with Gasteiger partial charge in [0.15, 0.2) is 0 Å². The second kappa shape index (κ2) is 4.06. The third-order valence-electron chi connectivity index (χ3n) is 2.34. The van der Waals surface area contributed by atoms with Gasteiger partial charge in [-0.3, -0.25) is 9.69 Å². The zero-order chi connectivity index (χ0) is 9.97. The minimum atomic E-state index is -0.691. The maximum absolute atomic E-state index is 10.4. The van der Waals surface area contributed by atoms with Gasteiger partial charge in [0.05, 0.1) is 13.0 Å². The van der Waals surface area contributed by atoms with Crippen LogP contribution in [0.1, 0.15) is 11.4 Å². The summed E-state index contributed by atoms with van der Waals surface area (Å²) in [6.07, 6.45) is 2.10. The number of aliphatic carboxylic acids is 1. The molecule has 0 aromatic carbocycles. The van der Waals surface area contributed by atoms with Crippen LogP contribution in [0.2, 0.25) is 0 Å². The van der Waals surface area contributed by atoms with E-state index in [4.69, 9.17) is 5.11 Å². The molecule has 4 nitrogen and oxygen atoms in total. The van der Waals surface area contributed by atoms with E-state index in [0.29, 0.717) is 12.3 Å². The Morgan fingerprint density at radius 3 is 3.07 bits per heavy atom. The molecule has 0 spiro atoms. The molecule has 76 valence electrons. The van der Waals surface area contributed by atoms with Crippen molar-refractivity contribution in [1.82, 2.24) is 9.88 Å². The minimum Gasteiger partial charge on any atom is -0.481 e. The Balaban J connectivity index is 1.71. The summed E-state index contributed by atoms with van der Waals surface area (Å²) in [4.78, 5) is 16.8. The van der Waals surface area contributed by atoms with Crippen molar-refractivity contribution < 1.29 is 9.90 Å². The number of hydrogen-bond acceptors (Lipinski definition) is 4. The zero-order valence-electron chi connectivity index (χ0n) is 7.72. The Kier molecular flexibility index (Phi) is 2.79. The van der Waals surface area contributed by atoms with Crippen molar-refractivity contribution in [3.05, 3.63) is 16.6 Å². The second-order valence-electron chi connectivity index (χ2n) is 3.58. The monoisotopic (exact) mass is 212 g/mol. The quantitative estimate of drug-likeness (QED) is 0.810. The fourth-order valence-corrected chi connectivity index (χ4v) is 2.36. The summed E-state index contributed by atoms with van der Waals surface area (Å²) in [6.45, 7) is 2.66. The largest absolute Gasteiger partial charge is 0.481 e. The number of rotatable bonds is 4. The molecule has 0 bridgehead atoms. The van der Waals surface area contributed by atoms with Crippen LogP contribution in [0.5, 0.6) is 0 Å². The van der Waals surface area contributed by atoms with Crippen LogP contribution in [-0.2, 0) is 11.3 Å². The van der Waals surface area contributed by atoms with Crippen LogP contribution < -0.4 is 0 Å². The Morgan fingerprint density at radius 1 is 1.71 bits per heavy atom. The highest BCUT2D eigenvalue weighted by Crippen LogP contribution is 2.21. The first kappa shape index (κ1) is 9.61. The lowest BCUT2D eigenvalue weighted by Crippen LogP contribution is -2.46. The Morgan fingerprint density at radius 2 is 2.50 bits per heavy atom. The number of aromatic nitrogens is 1. The molecule has 2 rings (SSSR count). The van der Waals surface area contributed by atoms with Gasteiger partial charge in [0.25, 0.3) is 0 Å². The number of carboxylic acids is 1. The highest BCUT2D eigenvalue weighted by atomic mass is 32.1. The van der Waals surface area contributed by atoms with Gasteiger partial charge in [-0.25, -0.2) is 4.98 Å². The van der Waals surface area contributed by atoms with Crippen molar-refractivity contribution >= 4 is 17.3 Å². The van der Waals surface area contributed by atoms with Gasteiger partial charge < -0.3 is 5.11 Å². The molecule has 14 heavy (non-hydrogen) atoms. The first-order chi connectivity index (χ1) is 6.74. The molecule has 0 radical (unpaired) electrons. The fourth-order valence-electron chi connectivity index (χ4n) is 1.70. The van der Waals surface area contributed by atoms with Gasteiger partial charge in [-0.05, 0) is 5.92 Å². The molecule has 5 heteroatoms. The van der Waals surface area contributed by atoms with E-state index in [9.17, 15) is 4.79 Å². The molecule has 1 aromatic heterocycles. The van der Waals surface area contributed by atoms with Crippen LogP contribution in [0.4, 0.5) is 0 Å². The number of carbonyl (C=O) groups is 1. The first-order valence-corrected chi connectivity index (χ1v) is 5.44. The molecular formula is C9H12N2O2S. The van der Waals surface area contributed by atoms with Crippen molar-refractivity contribution in [3.8, 4) is 0 Å². The van der Waals surface area contributed by atoms with Gasteiger partial charge >= 0.3 is 5.97 Å². The van der Waals surface area contributed by atoms with E-state index >= 15 is 0 Å². The van der Waals surface area contributed by atoms with E-state index < -0.39 is 5.97 Å². The summed E-state index contributed by atoms with van der Waals surface area (Å²) >= 11 is 1.65. The van der Waals surface area contributed by atoms with Crippen LogP contribution in [0.3, 0.4) is 0 Å². The van der Waals surface area contributed by atoms with Crippen LogP contribution >= 0.6 is 11.3 Å². The second-order valence-corrected chi connectivity index (χ2v) is 4.56. The number of thiazole rings is 1. The molecule has 1 aromatic rings. The third-order valence-corrected chi connectivity index (χ3v) is 3.10. The van der Waals surface area contributed by atoms with Crippen molar-refractivity contribution in [2.75, 3.05) is 13.1 Å². The summed E-state index contributed by atoms with van der Waals surface area (Å²) < 4.78 is 0. The summed E-state index contributed by atoms with van der Waals surface area (Å²) in [5.74, 6) is -0.351. The topological polar surface area (TPSA) is 53.4 Å². The summed E-state index contributed by atoms with van der Waals surface area (Å²) in [5, 5.41) is 11.6. The molecule has 1 N–H and O–H groups in total. The predicted molar refractivity (Wildman–Crippen MR) is 53.1 cm³/mol. The lowest BCUT2D eigenvalue weighted by atomic mass is 9.97. The molecular weight excluding hydrogens is 200 g/mol. The van der Waals surface area contributed by atoms with Crippen molar-refractivity contribution in [3.63, 3.8) is 0 Å². The van der Waals surface area contributed by atoms with Crippen LogP contribution in [-0.4, -0.2) is 34.0 Å². The van der Waals surface area contributed by atoms with E-state index in [0.717, 1.165) is 24.6 Å². The Labute approximate surface area is 86.2 Å². The number of hydrogen-bond donors (Lipinski definition) is 1. The summed E-state index contributed by atoms with van der Waals surface area (Å²) in [5.41, 5.74) is 0. The van der Waals surface area contributed by atoms with Crippen LogP contribution in [0, 0.1) is 5.92 Å². The van der Waals surface area contributed by atoms with Crippen LogP contribution in [0.15, 0.2) is 11.6 Å². The number of nitrogens with zero attached hydrogens (tertiary/aromatic N) is 2. The molecule has 1 saturated heterocycles. The zero-order valence-corrected chi connectivity index (χ0v) is 8.54. The number of likely N-dealkylation sites (tertiary alicyclic amines) is 1. The van der Waals surface area contributed by atoms with E-state index in [1.807, 2.05) is 5.38 Å². The normalized spacial score (nSPS) is 18.0. The third kappa shape index (κ3) is 2.30. The van der Waals surface area contributed by atoms with E-state index in [-0.39, 0.29) is 0 Å². The van der Waals surface area contributed by atoms with Gasteiger partial charge in [-0.15, -0.1) is 11.3 Å². The standard InChI is InChI=1S/C9H12N2O2S/c12-9(13)3-7-4-11(5-7)6-8-10-1-2-14-8/h1-2,7H,3-6H2,(H,12,13). The fraction of sp³-hybridized carbons (Fsp3) is 0.556. The molecule has 0 unspecified atom stereocenters. The lowest BCUT2D eigenvalue weighted by Gasteiger charge is -2.37. The Hall–Kier alpha value is -0.940. The van der Waals surface area contributed by atoms with Gasteiger partial charge in [0.2, 0.25) is 0 Å². The highest BCUT2D eigenvalue weighted by molar-refractivity contribution is 7.09. The molecule has 1 aliphatic heterocycles. The first-order valence-electron chi connectivity index (χ1n) is 4.56. The average molecular weight is 212 g/mol. The molecule has 0 atom stereocenters. The van der Waals surface area contributed by atoms with Gasteiger partial charge in [0.1, 0.15) is 5.01 Å². The van der Waals surface area contributed by atoms with E-state index in [1.165, 1.54) is 0 Å². The molecule has 0 saturated carbocycles. The Bertz CT molecular complexity index is 307. The van der Waals surface area contributed by atoms with E-state index in [1.54, 1.807) is 17.5 Å². The van der Waals surface area contributed by atoms with Crippen molar-refractivity contribution in [2.24, 2.45) is 5.92 Å². The van der Waals surface area contributed by atoms with Gasteiger partial charge in [-0.2, -0.15) is 0 Å². The molecule has 1 fully saturated rings. The average Bonchev–Trinajstić information content (AvgIpc) is 2.52. The lowest BCUT2D eigenvalue weighted by molar-refractivity contribution is -0.139. The highest BCUT2D eigenvalue weighted by Gasteiger charge is 2.28. The van der Waals surface area contributed by atoms with Crippen LogP contribution in [0.25, 0.3) is 0 Å². The number of carboxylic acid groups (broad SMARTS) is 1. The smallest absolute Gasteiger partial charge is 0.303 e. The maximum atomic E-state index is 10.4. The maximum Gasteiger partial charge on any atom is 0.303 e. The van der Waals surface area contributed by atoms with Gasteiger partial charge in [0, 0.05) is 24.7 Å². The molecule has 0 amide bonds. The predicted octanol–water partition coefficient (Wildman–Crippen LogP) is 1.05. The van der Waals surface area contributed by atoms with E-state index in [2.05, 4.69) is 9.88 Å². The summed E-state index contributed by atoms with van der Waals surface area (Å²) in [7, 11) is 0.